The van der Waals surface area contributed by atoms with Gasteiger partial charge in [-0.05, 0) is 28.1 Å². The van der Waals surface area contributed by atoms with Crippen LogP contribution in [0.2, 0.25) is 0 Å². The summed E-state index contributed by atoms with van der Waals surface area (Å²) in [6, 6.07) is 5.40. The van der Waals surface area contributed by atoms with Gasteiger partial charge in [0.1, 0.15) is 5.75 Å². The Labute approximate surface area is 130 Å². The number of methoxy groups -OCH3 is 1. The van der Waals surface area contributed by atoms with Crippen LogP contribution in [-0.2, 0) is 5.41 Å². The quantitative estimate of drug-likeness (QED) is 0.917. The summed E-state index contributed by atoms with van der Waals surface area (Å²) in [7, 11) is 1.57. The van der Waals surface area contributed by atoms with Crippen molar-refractivity contribution in [1.82, 2.24) is 15.0 Å². The zero-order valence-electron chi connectivity index (χ0n) is 12.2. The Balaban J connectivity index is 2.73. The van der Waals surface area contributed by atoms with Crippen molar-refractivity contribution in [1.29, 1.82) is 0 Å². The van der Waals surface area contributed by atoms with Crippen LogP contribution >= 0.6 is 15.9 Å². The van der Waals surface area contributed by atoms with Gasteiger partial charge in [-0.25, -0.2) is 9.48 Å². The number of aromatic nitrogens is 3. The number of rotatable bonds is 3. The van der Waals surface area contributed by atoms with E-state index in [1.807, 2.05) is 26.8 Å². The Morgan fingerprint density at radius 1 is 1.38 bits per heavy atom. The molecule has 0 amide bonds. The number of aromatic carboxylic acids is 1. The van der Waals surface area contributed by atoms with E-state index in [2.05, 4.69) is 26.2 Å². The first-order chi connectivity index (χ1) is 9.75. The minimum atomic E-state index is -1.09. The van der Waals surface area contributed by atoms with Gasteiger partial charge in [-0.15, -0.1) is 5.10 Å². The molecule has 2 aromatic rings. The van der Waals surface area contributed by atoms with E-state index in [4.69, 9.17) is 4.74 Å². The SMILES string of the molecule is COc1ccc(Br)c(-n2nnc(C(=O)O)c2C(C)(C)C)c1. The van der Waals surface area contributed by atoms with Crippen molar-refractivity contribution in [2.24, 2.45) is 0 Å². The second-order valence-corrected chi connectivity index (χ2v) is 6.43. The lowest BCUT2D eigenvalue weighted by Gasteiger charge is -2.21. The van der Waals surface area contributed by atoms with E-state index in [9.17, 15) is 9.90 Å². The molecule has 6 nitrogen and oxygen atoms in total. The fraction of sp³-hybridized carbons (Fsp3) is 0.357. The number of carboxylic acid groups (broad SMARTS) is 1. The topological polar surface area (TPSA) is 77.2 Å². The van der Waals surface area contributed by atoms with Crippen LogP contribution < -0.4 is 4.74 Å². The number of hydrogen-bond acceptors (Lipinski definition) is 4. The zero-order chi connectivity index (χ0) is 15.8. The van der Waals surface area contributed by atoms with Crippen LogP contribution in [-0.4, -0.2) is 33.2 Å². The van der Waals surface area contributed by atoms with Crippen molar-refractivity contribution >= 4 is 21.9 Å². The van der Waals surface area contributed by atoms with Gasteiger partial charge in [-0.2, -0.15) is 0 Å². The summed E-state index contributed by atoms with van der Waals surface area (Å²) in [4.78, 5) is 11.4. The van der Waals surface area contributed by atoms with E-state index in [0.29, 0.717) is 17.1 Å². The van der Waals surface area contributed by atoms with E-state index in [1.165, 1.54) is 4.68 Å². The Bertz CT molecular complexity index is 689. The van der Waals surface area contributed by atoms with Crippen molar-refractivity contribution in [3.8, 4) is 11.4 Å². The molecule has 7 heteroatoms. The average Bonchev–Trinajstić information content (AvgIpc) is 2.84. The summed E-state index contributed by atoms with van der Waals surface area (Å²) in [5.74, 6) is -0.439. The summed E-state index contributed by atoms with van der Waals surface area (Å²) in [5, 5.41) is 17.1. The first-order valence-corrected chi connectivity index (χ1v) is 7.08. The molecule has 1 aromatic heterocycles. The lowest BCUT2D eigenvalue weighted by atomic mass is 9.90. The fourth-order valence-corrected chi connectivity index (χ4v) is 2.46. The van der Waals surface area contributed by atoms with Crippen LogP contribution in [0.1, 0.15) is 37.0 Å². The van der Waals surface area contributed by atoms with E-state index in [-0.39, 0.29) is 5.69 Å². The molecule has 1 heterocycles. The van der Waals surface area contributed by atoms with Gasteiger partial charge in [0, 0.05) is 16.0 Å². The van der Waals surface area contributed by atoms with Crippen LogP contribution in [0, 0.1) is 0 Å². The van der Waals surface area contributed by atoms with Crippen molar-refractivity contribution in [2.45, 2.75) is 26.2 Å². The predicted octanol–water partition coefficient (Wildman–Crippen LogP) is 3.03. The lowest BCUT2D eigenvalue weighted by molar-refractivity contribution is 0.0687. The van der Waals surface area contributed by atoms with E-state index in [1.54, 1.807) is 19.2 Å². The van der Waals surface area contributed by atoms with E-state index in [0.717, 1.165) is 4.47 Å². The van der Waals surface area contributed by atoms with Gasteiger partial charge in [-0.3, -0.25) is 0 Å². The van der Waals surface area contributed by atoms with Crippen molar-refractivity contribution in [3.05, 3.63) is 34.1 Å². The summed E-state index contributed by atoms with van der Waals surface area (Å²) in [6.07, 6.45) is 0. The summed E-state index contributed by atoms with van der Waals surface area (Å²) in [5.41, 5.74) is 0.736. The van der Waals surface area contributed by atoms with E-state index >= 15 is 0 Å². The number of carboxylic acids is 1. The number of benzene rings is 1. The number of halogens is 1. The highest BCUT2D eigenvalue weighted by molar-refractivity contribution is 9.10. The minimum Gasteiger partial charge on any atom is -0.497 e. The van der Waals surface area contributed by atoms with Crippen LogP contribution in [0.15, 0.2) is 22.7 Å². The molecule has 0 aliphatic carbocycles. The van der Waals surface area contributed by atoms with Crippen molar-refractivity contribution in [2.75, 3.05) is 7.11 Å². The highest BCUT2D eigenvalue weighted by Gasteiger charge is 2.30. The third-order valence-electron chi connectivity index (χ3n) is 2.96. The smallest absolute Gasteiger partial charge is 0.358 e. The van der Waals surface area contributed by atoms with Crippen LogP contribution in [0.5, 0.6) is 5.75 Å². The van der Waals surface area contributed by atoms with Gasteiger partial charge >= 0.3 is 5.97 Å². The molecule has 1 aromatic carbocycles. The zero-order valence-corrected chi connectivity index (χ0v) is 13.8. The minimum absolute atomic E-state index is 0.0442. The second kappa shape index (κ2) is 5.48. The molecular weight excluding hydrogens is 338 g/mol. The molecule has 112 valence electrons. The van der Waals surface area contributed by atoms with Gasteiger partial charge < -0.3 is 9.84 Å². The molecule has 0 unspecified atom stereocenters. The van der Waals surface area contributed by atoms with Crippen LogP contribution in [0.3, 0.4) is 0 Å². The van der Waals surface area contributed by atoms with Gasteiger partial charge in [0.25, 0.3) is 0 Å². The third-order valence-corrected chi connectivity index (χ3v) is 3.64. The van der Waals surface area contributed by atoms with Crippen molar-refractivity contribution < 1.29 is 14.6 Å². The molecule has 1 N–H and O–H groups in total. The molecule has 0 atom stereocenters. The Hall–Kier alpha value is -1.89. The fourth-order valence-electron chi connectivity index (χ4n) is 2.05. The standard InChI is InChI=1S/C14H16BrN3O3/c1-14(2,3)12-11(13(19)20)16-17-18(12)10-7-8(21-4)5-6-9(10)15/h5-7H,1-4H3,(H,19,20). The monoisotopic (exact) mass is 353 g/mol. The molecule has 0 saturated carbocycles. The molecule has 21 heavy (non-hydrogen) atoms. The number of ether oxygens (including phenoxy) is 1. The maximum atomic E-state index is 11.4. The molecule has 0 bridgehead atoms. The first kappa shape index (κ1) is 15.5. The molecule has 0 fully saturated rings. The molecule has 0 aliphatic rings. The molecule has 0 spiro atoms. The molecule has 0 aliphatic heterocycles. The Kier molecular flexibility index (Phi) is 4.04. The number of hydrogen-bond donors (Lipinski definition) is 1. The second-order valence-electron chi connectivity index (χ2n) is 5.57. The number of carbonyl (C=O) groups is 1. The lowest BCUT2D eigenvalue weighted by Crippen LogP contribution is -2.21. The average molecular weight is 354 g/mol. The predicted molar refractivity (Wildman–Crippen MR) is 81.3 cm³/mol. The summed E-state index contributed by atoms with van der Waals surface area (Å²) < 4.78 is 7.52. The van der Waals surface area contributed by atoms with Gasteiger partial charge in [-0.1, -0.05) is 26.0 Å². The Morgan fingerprint density at radius 3 is 2.57 bits per heavy atom. The molecule has 2 rings (SSSR count). The van der Waals surface area contributed by atoms with Gasteiger partial charge in [0.05, 0.1) is 18.5 Å². The third kappa shape index (κ3) is 2.92. The highest BCUT2D eigenvalue weighted by Crippen LogP contribution is 2.31. The van der Waals surface area contributed by atoms with Gasteiger partial charge in [0.15, 0.2) is 5.69 Å². The first-order valence-electron chi connectivity index (χ1n) is 6.29. The normalized spacial score (nSPS) is 11.5. The van der Waals surface area contributed by atoms with Crippen molar-refractivity contribution in [3.63, 3.8) is 0 Å². The van der Waals surface area contributed by atoms with Crippen LogP contribution in [0.4, 0.5) is 0 Å². The Morgan fingerprint density at radius 2 is 2.05 bits per heavy atom. The molecule has 0 radical (unpaired) electrons. The summed E-state index contributed by atoms with van der Waals surface area (Å²) >= 11 is 3.45. The molecular formula is C14H16BrN3O3. The van der Waals surface area contributed by atoms with Crippen LogP contribution in [0.25, 0.3) is 5.69 Å². The highest BCUT2D eigenvalue weighted by atomic mass is 79.9. The summed E-state index contributed by atoms with van der Waals surface area (Å²) in [6.45, 7) is 5.76. The van der Waals surface area contributed by atoms with Gasteiger partial charge in [0.2, 0.25) is 0 Å². The largest absolute Gasteiger partial charge is 0.497 e. The molecule has 0 saturated heterocycles. The maximum absolute atomic E-state index is 11.4. The van der Waals surface area contributed by atoms with E-state index < -0.39 is 11.4 Å². The maximum Gasteiger partial charge on any atom is 0.358 e. The number of nitrogens with zero attached hydrogens (tertiary/aromatic N) is 3.